The summed E-state index contributed by atoms with van der Waals surface area (Å²) in [5, 5.41) is 3.83. The number of halogens is 2. The van der Waals surface area contributed by atoms with Crippen LogP contribution in [0.4, 0.5) is 4.39 Å². The number of hydrogen-bond acceptors (Lipinski definition) is 4. The molecule has 0 radical (unpaired) electrons. The molecule has 0 saturated heterocycles. The van der Waals surface area contributed by atoms with Gasteiger partial charge in [-0.05, 0) is 31.5 Å². The molecule has 1 aromatic heterocycles. The van der Waals surface area contributed by atoms with Crippen LogP contribution in [0.2, 0.25) is 0 Å². The Balaban J connectivity index is 2.41. The highest BCUT2D eigenvalue weighted by molar-refractivity contribution is 9.10. The molecule has 0 spiro atoms. The first-order valence-electron chi connectivity index (χ1n) is 5.52. The molecule has 0 aliphatic heterocycles. The summed E-state index contributed by atoms with van der Waals surface area (Å²) in [6.07, 6.45) is 0.668. The van der Waals surface area contributed by atoms with Crippen molar-refractivity contribution in [3.8, 4) is 11.4 Å². The van der Waals surface area contributed by atoms with Gasteiger partial charge in [-0.1, -0.05) is 28.0 Å². The van der Waals surface area contributed by atoms with Crippen LogP contribution in [-0.2, 0) is 5.54 Å². The summed E-state index contributed by atoms with van der Waals surface area (Å²) in [6, 6.07) is 4.43. The lowest BCUT2D eigenvalue weighted by Gasteiger charge is -2.16. The minimum atomic E-state index is -0.671. The fraction of sp³-hybridized carbons (Fsp3) is 0.333. The number of nitrogens with zero attached hydrogens (tertiary/aromatic N) is 2. The monoisotopic (exact) mass is 313 g/mol. The minimum absolute atomic E-state index is 0.329. The highest BCUT2D eigenvalue weighted by Gasteiger charge is 2.26. The Kier molecular flexibility index (Phi) is 3.49. The van der Waals surface area contributed by atoms with Gasteiger partial charge in [-0.2, -0.15) is 4.98 Å². The molecular weight excluding hydrogens is 301 g/mol. The van der Waals surface area contributed by atoms with Crippen LogP contribution in [-0.4, -0.2) is 10.1 Å². The Hall–Kier alpha value is -1.27. The number of aromatic nitrogens is 2. The van der Waals surface area contributed by atoms with Crippen LogP contribution in [0.1, 0.15) is 26.2 Å². The average molecular weight is 314 g/mol. The van der Waals surface area contributed by atoms with E-state index in [4.69, 9.17) is 10.3 Å². The van der Waals surface area contributed by atoms with E-state index in [1.54, 1.807) is 6.07 Å². The quantitative estimate of drug-likeness (QED) is 0.944. The number of nitrogens with two attached hydrogens (primary N) is 1. The highest BCUT2D eigenvalue weighted by Crippen LogP contribution is 2.25. The van der Waals surface area contributed by atoms with E-state index in [0.717, 1.165) is 0 Å². The van der Waals surface area contributed by atoms with Crippen LogP contribution in [0.3, 0.4) is 0 Å². The van der Waals surface area contributed by atoms with Crippen LogP contribution in [0.5, 0.6) is 0 Å². The fourth-order valence-electron chi connectivity index (χ4n) is 1.41. The van der Waals surface area contributed by atoms with Crippen molar-refractivity contribution in [2.45, 2.75) is 25.8 Å². The summed E-state index contributed by atoms with van der Waals surface area (Å²) < 4.78 is 19.0. The zero-order valence-corrected chi connectivity index (χ0v) is 11.7. The SMILES string of the molecule is CCC(C)(N)c1nc(-c2cc(F)cc(Br)c2)no1. The Morgan fingerprint density at radius 3 is 2.78 bits per heavy atom. The van der Waals surface area contributed by atoms with Gasteiger partial charge in [0, 0.05) is 10.0 Å². The van der Waals surface area contributed by atoms with Crippen LogP contribution < -0.4 is 5.73 Å². The van der Waals surface area contributed by atoms with E-state index in [9.17, 15) is 4.39 Å². The largest absolute Gasteiger partial charge is 0.337 e. The van der Waals surface area contributed by atoms with Crippen molar-refractivity contribution in [2.75, 3.05) is 0 Å². The molecule has 0 aliphatic rings. The van der Waals surface area contributed by atoms with E-state index >= 15 is 0 Å². The van der Waals surface area contributed by atoms with Crippen LogP contribution in [0, 0.1) is 5.82 Å². The predicted molar refractivity (Wildman–Crippen MR) is 69.2 cm³/mol. The molecule has 0 aliphatic carbocycles. The van der Waals surface area contributed by atoms with E-state index in [-0.39, 0.29) is 5.82 Å². The van der Waals surface area contributed by atoms with Crippen molar-refractivity contribution in [3.63, 3.8) is 0 Å². The van der Waals surface area contributed by atoms with Gasteiger partial charge in [0.1, 0.15) is 5.82 Å². The molecule has 2 rings (SSSR count). The summed E-state index contributed by atoms with van der Waals surface area (Å²) in [7, 11) is 0. The maximum absolute atomic E-state index is 13.3. The first-order valence-corrected chi connectivity index (χ1v) is 6.31. The topological polar surface area (TPSA) is 64.9 Å². The first-order chi connectivity index (χ1) is 8.42. The highest BCUT2D eigenvalue weighted by atomic mass is 79.9. The third-order valence-electron chi connectivity index (χ3n) is 2.77. The molecule has 0 fully saturated rings. The van der Waals surface area contributed by atoms with Gasteiger partial charge in [-0.25, -0.2) is 4.39 Å². The zero-order chi connectivity index (χ0) is 13.3. The van der Waals surface area contributed by atoms with Crippen LogP contribution >= 0.6 is 15.9 Å². The summed E-state index contributed by atoms with van der Waals surface area (Å²) in [5.74, 6) is 0.312. The van der Waals surface area contributed by atoms with E-state index in [1.165, 1.54) is 12.1 Å². The Morgan fingerprint density at radius 1 is 1.44 bits per heavy atom. The van der Waals surface area contributed by atoms with Crippen LogP contribution in [0.15, 0.2) is 27.2 Å². The minimum Gasteiger partial charge on any atom is -0.337 e. The third-order valence-corrected chi connectivity index (χ3v) is 3.23. The molecule has 2 aromatic rings. The fourth-order valence-corrected chi connectivity index (χ4v) is 1.87. The zero-order valence-electron chi connectivity index (χ0n) is 10.1. The summed E-state index contributed by atoms with van der Waals surface area (Å²) >= 11 is 3.22. The van der Waals surface area contributed by atoms with E-state index in [2.05, 4.69) is 26.1 Å². The molecule has 1 heterocycles. The molecule has 0 saturated carbocycles. The maximum Gasteiger partial charge on any atom is 0.246 e. The molecular formula is C12H13BrFN3O. The molecule has 6 heteroatoms. The Labute approximate surface area is 113 Å². The lowest BCUT2D eigenvalue weighted by atomic mass is 10.0. The van der Waals surface area contributed by atoms with E-state index in [1.807, 2.05) is 13.8 Å². The number of rotatable bonds is 3. The van der Waals surface area contributed by atoms with Gasteiger partial charge in [0.2, 0.25) is 11.7 Å². The Morgan fingerprint density at radius 2 is 2.17 bits per heavy atom. The van der Waals surface area contributed by atoms with Crippen molar-refractivity contribution in [2.24, 2.45) is 5.73 Å². The normalized spacial score (nSPS) is 14.5. The second kappa shape index (κ2) is 4.78. The van der Waals surface area contributed by atoms with E-state index in [0.29, 0.717) is 28.2 Å². The maximum atomic E-state index is 13.3. The average Bonchev–Trinajstić information content (AvgIpc) is 2.77. The van der Waals surface area contributed by atoms with E-state index < -0.39 is 5.54 Å². The molecule has 1 unspecified atom stereocenters. The van der Waals surface area contributed by atoms with Gasteiger partial charge in [0.25, 0.3) is 0 Å². The summed E-state index contributed by atoms with van der Waals surface area (Å²) in [6.45, 7) is 3.74. The summed E-state index contributed by atoms with van der Waals surface area (Å²) in [4.78, 5) is 4.21. The van der Waals surface area contributed by atoms with Gasteiger partial charge in [-0.15, -0.1) is 0 Å². The van der Waals surface area contributed by atoms with Crippen LogP contribution in [0.25, 0.3) is 11.4 Å². The second-order valence-corrected chi connectivity index (χ2v) is 5.27. The standard InChI is InChI=1S/C12H13BrFN3O/c1-3-12(2,15)11-16-10(17-18-11)7-4-8(13)6-9(14)5-7/h4-6H,3,15H2,1-2H3. The molecule has 96 valence electrons. The van der Waals surface area contributed by atoms with Gasteiger partial charge < -0.3 is 10.3 Å². The molecule has 1 atom stereocenters. The molecule has 0 bridgehead atoms. The molecule has 18 heavy (non-hydrogen) atoms. The number of benzene rings is 1. The second-order valence-electron chi connectivity index (χ2n) is 4.35. The third kappa shape index (κ3) is 2.59. The summed E-state index contributed by atoms with van der Waals surface area (Å²) in [5.41, 5.74) is 5.88. The number of hydrogen-bond donors (Lipinski definition) is 1. The molecule has 4 nitrogen and oxygen atoms in total. The molecule has 2 N–H and O–H groups in total. The predicted octanol–water partition coefficient (Wildman–Crippen LogP) is 3.22. The van der Waals surface area contributed by atoms with Crippen molar-refractivity contribution in [1.82, 2.24) is 10.1 Å². The molecule has 1 aromatic carbocycles. The van der Waals surface area contributed by atoms with Crippen molar-refractivity contribution in [3.05, 3.63) is 34.4 Å². The Bertz CT molecular complexity index is 548. The van der Waals surface area contributed by atoms with Crippen molar-refractivity contribution < 1.29 is 8.91 Å². The van der Waals surface area contributed by atoms with Gasteiger partial charge in [-0.3, -0.25) is 0 Å². The smallest absolute Gasteiger partial charge is 0.246 e. The van der Waals surface area contributed by atoms with Gasteiger partial charge in [0.05, 0.1) is 5.54 Å². The first kappa shape index (κ1) is 13.2. The lowest BCUT2D eigenvalue weighted by molar-refractivity contribution is 0.291. The molecule has 0 amide bonds. The lowest BCUT2D eigenvalue weighted by Crippen LogP contribution is -2.32. The van der Waals surface area contributed by atoms with Gasteiger partial charge >= 0.3 is 0 Å². The van der Waals surface area contributed by atoms with Gasteiger partial charge in [0.15, 0.2) is 0 Å². The van der Waals surface area contributed by atoms with Crippen molar-refractivity contribution in [1.29, 1.82) is 0 Å². The van der Waals surface area contributed by atoms with Crippen molar-refractivity contribution >= 4 is 15.9 Å².